The van der Waals surface area contributed by atoms with E-state index in [-0.39, 0.29) is 11.3 Å². The summed E-state index contributed by atoms with van der Waals surface area (Å²) >= 11 is 0. The lowest BCUT2D eigenvalue weighted by molar-refractivity contribution is 0.00767. The van der Waals surface area contributed by atoms with E-state index in [9.17, 15) is 4.79 Å². The summed E-state index contributed by atoms with van der Waals surface area (Å²) < 4.78 is 0. The highest BCUT2D eigenvalue weighted by Crippen LogP contribution is 2.35. The molecular formula is C20H28N4O. The van der Waals surface area contributed by atoms with Crippen LogP contribution in [0.5, 0.6) is 0 Å². The molecule has 1 saturated heterocycles. The molecule has 0 bridgehead atoms. The van der Waals surface area contributed by atoms with Gasteiger partial charge in [0.15, 0.2) is 0 Å². The Bertz CT molecular complexity index is 778. The van der Waals surface area contributed by atoms with Crippen molar-refractivity contribution in [3.05, 3.63) is 36.0 Å². The van der Waals surface area contributed by atoms with E-state index in [1.54, 1.807) is 0 Å². The highest BCUT2D eigenvalue weighted by Gasteiger charge is 2.41. The van der Waals surface area contributed by atoms with Crippen molar-refractivity contribution in [3.63, 3.8) is 0 Å². The van der Waals surface area contributed by atoms with E-state index in [2.05, 4.69) is 30.9 Å². The van der Waals surface area contributed by atoms with Crippen LogP contribution in [0.1, 0.15) is 23.8 Å². The molecule has 0 unspecified atom stereocenters. The number of carbonyl (C=O) groups is 1. The predicted molar refractivity (Wildman–Crippen MR) is 103 cm³/mol. The van der Waals surface area contributed by atoms with Gasteiger partial charge in [0.05, 0.1) is 5.52 Å². The van der Waals surface area contributed by atoms with Crippen molar-refractivity contribution in [3.8, 4) is 0 Å². The number of para-hydroxylation sites is 1. The molecule has 0 atom stereocenters. The van der Waals surface area contributed by atoms with Crippen LogP contribution in [0.4, 0.5) is 5.69 Å². The largest absolute Gasteiger partial charge is 0.377 e. The minimum atomic E-state index is 0.0381. The Labute approximate surface area is 150 Å². The Morgan fingerprint density at radius 1 is 1.20 bits per heavy atom. The van der Waals surface area contributed by atoms with Gasteiger partial charge >= 0.3 is 0 Å². The second kappa shape index (κ2) is 6.64. The third kappa shape index (κ3) is 3.61. The first-order valence-corrected chi connectivity index (χ1v) is 8.80. The molecule has 1 amide bonds. The van der Waals surface area contributed by atoms with Gasteiger partial charge in [-0.2, -0.15) is 0 Å². The summed E-state index contributed by atoms with van der Waals surface area (Å²) in [7, 11) is 8.18. The maximum atomic E-state index is 12.9. The van der Waals surface area contributed by atoms with E-state index in [1.165, 1.54) is 0 Å². The zero-order valence-corrected chi connectivity index (χ0v) is 15.9. The molecule has 3 rings (SSSR count). The van der Waals surface area contributed by atoms with Crippen LogP contribution in [0.25, 0.3) is 10.9 Å². The average molecular weight is 340 g/mol. The second-order valence-electron chi connectivity index (χ2n) is 7.96. The van der Waals surface area contributed by atoms with Crippen LogP contribution < -0.4 is 4.90 Å². The van der Waals surface area contributed by atoms with Gasteiger partial charge in [-0.1, -0.05) is 25.1 Å². The molecule has 2 aromatic rings. The van der Waals surface area contributed by atoms with Crippen molar-refractivity contribution in [1.29, 1.82) is 0 Å². The third-order valence-electron chi connectivity index (χ3n) is 4.99. The minimum absolute atomic E-state index is 0.0381. The zero-order chi connectivity index (χ0) is 18.2. The first-order chi connectivity index (χ1) is 11.8. The quantitative estimate of drug-likeness (QED) is 0.839. The van der Waals surface area contributed by atoms with Crippen molar-refractivity contribution >= 4 is 22.5 Å². The monoisotopic (exact) mass is 340 g/mol. The lowest BCUT2D eigenvalue weighted by atomic mass is 9.78. The Hall–Kier alpha value is -2.14. The van der Waals surface area contributed by atoms with Crippen molar-refractivity contribution in [1.82, 2.24) is 14.8 Å². The predicted octanol–water partition coefficient (Wildman–Crippen LogP) is 2.71. The van der Waals surface area contributed by atoms with Gasteiger partial charge in [-0.3, -0.25) is 4.79 Å². The number of likely N-dealkylation sites (tertiary alicyclic amines) is 1. The van der Waals surface area contributed by atoms with Gasteiger partial charge in [-0.25, -0.2) is 4.98 Å². The molecule has 2 heterocycles. The summed E-state index contributed by atoms with van der Waals surface area (Å²) in [4.78, 5) is 23.7. The van der Waals surface area contributed by atoms with E-state index >= 15 is 0 Å². The maximum absolute atomic E-state index is 12.9. The van der Waals surface area contributed by atoms with Crippen molar-refractivity contribution in [2.75, 3.05) is 52.7 Å². The molecule has 25 heavy (non-hydrogen) atoms. The van der Waals surface area contributed by atoms with Crippen LogP contribution in [-0.4, -0.2) is 68.5 Å². The lowest BCUT2D eigenvalue weighted by Crippen LogP contribution is -2.57. The first-order valence-electron chi connectivity index (χ1n) is 8.80. The van der Waals surface area contributed by atoms with E-state index in [0.717, 1.165) is 42.6 Å². The molecule has 0 N–H and O–H groups in total. The third-order valence-corrected chi connectivity index (χ3v) is 4.99. The number of nitrogens with zero attached hydrogens (tertiary/aromatic N) is 4. The number of pyridine rings is 1. The Balaban J connectivity index is 1.80. The van der Waals surface area contributed by atoms with Gasteiger partial charge < -0.3 is 14.7 Å². The van der Waals surface area contributed by atoms with Crippen LogP contribution in [-0.2, 0) is 0 Å². The molecule has 0 radical (unpaired) electrons. The Kier molecular flexibility index (Phi) is 4.69. The number of hydrogen-bond acceptors (Lipinski definition) is 4. The molecule has 1 aliphatic heterocycles. The molecule has 134 valence electrons. The molecule has 0 aliphatic carbocycles. The van der Waals surface area contributed by atoms with E-state index in [1.807, 2.05) is 54.2 Å². The molecule has 1 fully saturated rings. The summed E-state index contributed by atoms with van der Waals surface area (Å²) in [6.07, 6.45) is 1.11. The Morgan fingerprint density at radius 3 is 2.52 bits per heavy atom. The molecule has 1 aromatic heterocycles. The number of hydrogen-bond donors (Lipinski definition) is 0. The summed E-state index contributed by atoms with van der Waals surface area (Å²) in [6, 6.07) is 9.90. The molecule has 1 aliphatic rings. The molecule has 1 aromatic carbocycles. The maximum Gasteiger partial charge on any atom is 0.272 e. The number of fused-ring (bicyclic) bond motifs is 1. The first kappa shape index (κ1) is 17.7. The number of aromatic nitrogens is 1. The number of anilines is 1. The number of rotatable bonds is 5. The van der Waals surface area contributed by atoms with Crippen molar-refractivity contribution < 1.29 is 4.79 Å². The van der Waals surface area contributed by atoms with Crippen LogP contribution in [0, 0.1) is 5.41 Å². The molecule has 0 saturated carbocycles. The summed E-state index contributed by atoms with van der Waals surface area (Å²) in [5.41, 5.74) is 2.66. The van der Waals surface area contributed by atoms with Crippen LogP contribution in [0.15, 0.2) is 30.3 Å². The fraction of sp³-hybridized carbons (Fsp3) is 0.500. The lowest BCUT2D eigenvalue weighted by Gasteiger charge is -2.48. The SMILES string of the molecule is CN(C)CCC1(C)CN(C(=O)c2cc(N(C)C)c3ccccc3n2)C1. The topological polar surface area (TPSA) is 39.7 Å². The Morgan fingerprint density at radius 2 is 1.88 bits per heavy atom. The standard InChI is InChI=1S/C20H28N4O/c1-20(10-11-22(2)3)13-24(14-20)19(25)17-12-18(23(4)5)15-8-6-7-9-16(15)21-17/h6-9,12H,10-11,13-14H2,1-5H3. The van der Waals surface area contributed by atoms with Crippen LogP contribution in [0.3, 0.4) is 0 Å². The second-order valence-corrected chi connectivity index (χ2v) is 7.96. The van der Waals surface area contributed by atoms with Gasteiger partial charge in [-0.05, 0) is 39.2 Å². The molecule has 5 heteroatoms. The van der Waals surface area contributed by atoms with E-state index in [4.69, 9.17) is 0 Å². The van der Waals surface area contributed by atoms with Gasteiger partial charge in [0, 0.05) is 43.7 Å². The van der Waals surface area contributed by atoms with Crippen molar-refractivity contribution in [2.24, 2.45) is 5.41 Å². The molecule has 0 spiro atoms. The summed E-state index contributed by atoms with van der Waals surface area (Å²) in [6.45, 7) is 4.94. The summed E-state index contributed by atoms with van der Waals surface area (Å²) in [5, 5.41) is 1.07. The fourth-order valence-electron chi connectivity index (χ4n) is 3.47. The van der Waals surface area contributed by atoms with Crippen molar-refractivity contribution in [2.45, 2.75) is 13.3 Å². The molecule has 5 nitrogen and oxygen atoms in total. The van der Waals surface area contributed by atoms with Gasteiger partial charge in [0.1, 0.15) is 5.69 Å². The number of benzene rings is 1. The highest BCUT2D eigenvalue weighted by atomic mass is 16.2. The number of amides is 1. The fourth-order valence-corrected chi connectivity index (χ4v) is 3.47. The minimum Gasteiger partial charge on any atom is -0.377 e. The highest BCUT2D eigenvalue weighted by molar-refractivity contribution is 6.00. The molecular weight excluding hydrogens is 312 g/mol. The average Bonchev–Trinajstić information content (AvgIpc) is 2.55. The van der Waals surface area contributed by atoms with Crippen LogP contribution >= 0.6 is 0 Å². The van der Waals surface area contributed by atoms with Gasteiger partial charge in [-0.15, -0.1) is 0 Å². The number of carbonyl (C=O) groups excluding carboxylic acids is 1. The summed E-state index contributed by atoms with van der Waals surface area (Å²) in [5.74, 6) is 0.0381. The zero-order valence-electron chi connectivity index (χ0n) is 15.9. The van der Waals surface area contributed by atoms with E-state index in [0.29, 0.717) is 5.69 Å². The van der Waals surface area contributed by atoms with E-state index < -0.39 is 0 Å². The van der Waals surface area contributed by atoms with Gasteiger partial charge in [0.2, 0.25) is 0 Å². The smallest absolute Gasteiger partial charge is 0.272 e. The normalized spacial score (nSPS) is 16.2. The van der Waals surface area contributed by atoms with Crippen LogP contribution in [0.2, 0.25) is 0 Å². The van der Waals surface area contributed by atoms with Gasteiger partial charge in [0.25, 0.3) is 5.91 Å².